The summed E-state index contributed by atoms with van der Waals surface area (Å²) < 4.78 is 5.97. The summed E-state index contributed by atoms with van der Waals surface area (Å²) in [4.78, 5) is 0. The number of ether oxygens (including phenoxy) is 1. The second-order valence-corrected chi connectivity index (χ2v) is 6.09. The molecule has 1 atom stereocenters. The molecule has 0 radical (unpaired) electrons. The molecule has 2 aromatic rings. The van der Waals surface area contributed by atoms with Crippen molar-refractivity contribution in [3.63, 3.8) is 0 Å². The maximum absolute atomic E-state index is 6.27. The lowest BCUT2D eigenvalue weighted by molar-refractivity contribution is 0.302. The molecule has 1 unspecified atom stereocenters. The number of benzene rings is 2. The molecular formula is C18H22ClNO. The highest BCUT2D eigenvalue weighted by Gasteiger charge is 2.10. The van der Waals surface area contributed by atoms with E-state index in [-0.39, 0.29) is 6.04 Å². The standard InChI is InChI=1S/C18H22ClNO/c1-12-7-13(2)9-15(8-12)11-21-18-6-4-5-17(19)16(18)10-14(3)20/h4-9,14H,10-11,20H2,1-3H3. The first kappa shape index (κ1) is 15.9. The molecule has 0 saturated carbocycles. The molecule has 0 aliphatic carbocycles. The minimum atomic E-state index is 0.0495. The zero-order valence-electron chi connectivity index (χ0n) is 12.8. The molecule has 0 amide bonds. The van der Waals surface area contributed by atoms with Crippen LogP contribution in [0.2, 0.25) is 5.02 Å². The fourth-order valence-corrected chi connectivity index (χ4v) is 2.75. The highest BCUT2D eigenvalue weighted by Crippen LogP contribution is 2.28. The van der Waals surface area contributed by atoms with Crippen molar-refractivity contribution < 1.29 is 4.74 Å². The predicted molar refractivity (Wildman–Crippen MR) is 89.1 cm³/mol. The first-order valence-electron chi connectivity index (χ1n) is 7.18. The molecule has 0 heterocycles. The Morgan fingerprint density at radius 2 is 1.81 bits per heavy atom. The van der Waals surface area contributed by atoms with Gasteiger partial charge >= 0.3 is 0 Å². The molecule has 2 aromatic carbocycles. The van der Waals surface area contributed by atoms with E-state index >= 15 is 0 Å². The molecule has 2 nitrogen and oxygen atoms in total. The molecule has 0 saturated heterocycles. The summed E-state index contributed by atoms with van der Waals surface area (Å²) in [6, 6.07) is 12.2. The Balaban J connectivity index is 2.17. The summed E-state index contributed by atoms with van der Waals surface area (Å²) in [5, 5.41) is 0.713. The van der Waals surface area contributed by atoms with Crippen molar-refractivity contribution in [2.45, 2.75) is 39.8 Å². The third kappa shape index (κ3) is 4.48. The quantitative estimate of drug-likeness (QED) is 0.887. The van der Waals surface area contributed by atoms with E-state index in [4.69, 9.17) is 22.1 Å². The number of hydrogen-bond donors (Lipinski definition) is 1. The highest BCUT2D eigenvalue weighted by molar-refractivity contribution is 6.31. The van der Waals surface area contributed by atoms with Gasteiger partial charge in [-0.1, -0.05) is 47.0 Å². The zero-order chi connectivity index (χ0) is 15.4. The van der Waals surface area contributed by atoms with Crippen molar-refractivity contribution >= 4 is 11.6 Å². The number of halogens is 1. The smallest absolute Gasteiger partial charge is 0.124 e. The third-order valence-electron chi connectivity index (χ3n) is 3.28. The van der Waals surface area contributed by atoms with E-state index in [1.165, 1.54) is 16.7 Å². The predicted octanol–water partition coefficient (Wildman–Crippen LogP) is 4.43. The normalized spacial score (nSPS) is 12.2. The van der Waals surface area contributed by atoms with Gasteiger partial charge in [0.15, 0.2) is 0 Å². The van der Waals surface area contributed by atoms with Gasteiger partial charge in [0, 0.05) is 16.6 Å². The topological polar surface area (TPSA) is 35.2 Å². The van der Waals surface area contributed by atoms with E-state index in [1.54, 1.807) is 0 Å². The van der Waals surface area contributed by atoms with Crippen molar-refractivity contribution in [1.29, 1.82) is 0 Å². The first-order valence-corrected chi connectivity index (χ1v) is 7.56. The van der Waals surface area contributed by atoms with Crippen LogP contribution in [0.1, 0.15) is 29.2 Å². The van der Waals surface area contributed by atoms with Crippen LogP contribution < -0.4 is 10.5 Å². The van der Waals surface area contributed by atoms with Gasteiger partial charge in [0.1, 0.15) is 12.4 Å². The van der Waals surface area contributed by atoms with Gasteiger partial charge in [-0.2, -0.15) is 0 Å². The molecule has 0 aliphatic rings. The Kier molecular flexibility index (Phi) is 5.27. The lowest BCUT2D eigenvalue weighted by Gasteiger charge is -2.15. The van der Waals surface area contributed by atoms with Gasteiger partial charge in [0.2, 0.25) is 0 Å². The Morgan fingerprint density at radius 3 is 2.43 bits per heavy atom. The van der Waals surface area contributed by atoms with E-state index in [9.17, 15) is 0 Å². The SMILES string of the molecule is Cc1cc(C)cc(COc2cccc(Cl)c2CC(C)N)c1. The molecule has 0 bridgehead atoms. The molecular weight excluding hydrogens is 282 g/mol. The summed E-state index contributed by atoms with van der Waals surface area (Å²) in [5.41, 5.74) is 10.5. The third-order valence-corrected chi connectivity index (χ3v) is 3.63. The average molecular weight is 304 g/mol. The van der Waals surface area contributed by atoms with Crippen molar-refractivity contribution in [3.8, 4) is 5.75 Å². The van der Waals surface area contributed by atoms with E-state index in [0.717, 1.165) is 11.3 Å². The van der Waals surface area contributed by atoms with Crippen LogP contribution in [0.15, 0.2) is 36.4 Å². The summed E-state index contributed by atoms with van der Waals surface area (Å²) in [7, 11) is 0. The van der Waals surface area contributed by atoms with Gasteiger partial charge in [-0.05, 0) is 44.9 Å². The zero-order valence-corrected chi connectivity index (χ0v) is 13.6. The summed E-state index contributed by atoms with van der Waals surface area (Å²) in [6.45, 7) is 6.70. The molecule has 2 rings (SSSR count). The highest BCUT2D eigenvalue weighted by atomic mass is 35.5. The van der Waals surface area contributed by atoms with E-state index in [1.807, 2.05) is 25.1 Å². The van der Waals surface area contributed by atoms with Crippen LogP contribution in [0, 0.1) is 13.8 Å². The van der Waals surface area contributed by atoms with Gasteiger partial charge in [-0.25, -0.2) is 0 Å². The molecule has 0 fully saturated rings. The van der Waals surface area contributed by atoms with Gasteiger partial charge in [0.25, 0.3) is 0 Å². The fraction of sp³-hybridized carbons (Fsp3) is 0.333. The number of hydrogen-bond acceptors (Lipinski definition) is 2. The molecule has 0 aromatic heterocycles. The summed E-state index contributed by atoms with van der Waals surface area (Å²) in [6.07, 6.45) is 0.710. The second-order valence-electron chi connectivity index (χ2n) is 5.68. The monoisotopic (exact) mass is 303 g/mol. The Morgan fingerprint density at radius 1 is 1.14 bits per heavy atom. The van der Waals surface area contributed by atoms with Gasteiger partial charge in [0.05, 0.1) is 0 Å². The van der Waals surface area contributed by atoms with E-state index < -0.39 is 0 Å². The summed E-state index contributed by atoms with van der Waals surface area (Å²) in [5.74, 6) is 0.818. The summed E-state index contributed by atoms with van der Waals surface area (Å²) >= 11 is 6.27. The van der Waals surface area contributed by atoms with Crippen LogP contribution in [0.25, 0.3) is 0 Å². The number of nitrogens with two attached hydrogens (primary N) is 1. The van der Waals surface area contributed by atoms with Crippen molar-refractivity contribution in [3.05, 3.63) is 63.7 Å². The average Bonchev–Trinajstić information content (AvgIpc) is 2.38. The van der Waals surface area contributed by atoms with Crippen LogP contribution in [0.5, 0.6) is 5.75 Å². The minimum Gasteiger partial charge on any atom is -0.489 e. The molecule has 3 heteroatoms. The Hall–Kier alpha value is -1.51. The van der Waals surface area contributed by atoms with Crippen LogP contribution >= 0.6 is 11.6 Å². The maximum atomic E-state index is 6.27. The van der Waals surface area contributed by atoms with E-state index in [0.29, 0.717) is 18.1 Å². The van der Waals surface area contributed by atoms with Gasteiger partial charge < -0.3 is 10.5 Å². The largest absolute Gasteiger partial charge is 0.489 e. The van der Waals surface area contributed by atoms with Crippen LogP contribution in [0.4, 0.5) is 0 Å². The molecule has 112 valence electrons. The maximum Gasteiger partial charge on any atom is 0.124 e. The fourth-order valence-electron chi connectivity index (χ4n) is 2.51. The lowest BCUT2D eigenvalue weighted by Crippen LogP contribution is -2.18. The van der Waals surface area contributed by atoms with Crippen molar-refractivity contribution in [1.82, 2.24) is 0 Å². The molecule has 0 aliphatic heterocycles. The van der Waals surface area contributed by atoms with Gasteiger partial charge in [-0.3, -0.25) is 0 Å². The Bertz CT molecular complexity index is 602. The second kappa shape index (κ2) is 6.97. The molecule has 2 N–H and O–H groups in total. The van der Waals surface area contributed by atoms with Crippen LogP contribution in [-0.2, 0) is 13.0 Å². The van der Waals surface area contributed by atoms with Gasteiger partial charge in [-0.15, -0.1) is 0 Å². The number of aryl methyl sites for hydroxylation is 2. The van der Waals surface area contributed by atoms with Crippen LogP contribution in [0.3, 0.4) is 0 Å². The minimum absolute atomic E-state index is 0.0495. The molecule has 0 spiro atoms. The molecule has 21 heavy (non-hydrogen) atoms. The van der Waals surface area contributed by atoms with Crippen molar-refractivity contribution in [2.75, 3.05) is 0 Å². The van der Waals surface area contributed by atoms with Crippen LogP contribution in [-0.4, -0.2) is 6.04 Å². The Labute approximate surface area is 131 Å². The number of rotatable bonds is 5. The van der Waals surface area contributed by atoms with Crippen molar-refractivity contribution in [2.24, 2.45) is 5.73 Å². The lowest BCUT2D eigenvalue weighted by atomic mass is 10.1. The van der Waals surface area contributed by atoms with E-state index in [2.05, 4.69) is 32.0 Å². The first-order chi connectivity index (χ1) is 9.95.